The van der Waals surface area contributed by atoms with Crippen molar-refractivity contribution in [3.8, 4) is 5.69 Å². The van der Waals surface area contributed by atoms with Crippen LogP contribution < -0.4 is 5.32 Å². The minimum absolute atomic E-state index is 0.244. The molecule has 1 aromatic heterocycles. The van der Waals surface area contributed by atoms with Gasteiger partial charge in [0.1, 0.15) is 5.82 Å². The number of anilines is 1. The van der Waals surface area contributed by atoms with E-state index in [0.29, 0.717) is 22.6 Å². The number of phosphoric acid groups is 1. The lowest BCUT2D eigenvalue weighted by molar-refractivity contribution is -0.111. The Morgan fingerprint density at radius 2 is 1.86 bits per heavy atom. The molecule has 0 aliphatic heterocycles. The van der Waals surface area contributed by atoms with Crippen molar-refractivity contribution in [1.29, 1.82) is 0 Å². The molecule has 0 bridgehead atoms. The molecule has 1 amide bonds. The van der Waals surface area contributed by atoms with Crippen LogP contribution in [0.1, 0.15) is 11.3 Å². The smallest absolute Gasteiger partial charge is 0.323 e. The lowest BCUT2D eigenvalue weighted by atomic mass is 10.2. The molecule has 0 atom stereocenters. The number of aromatic nitrogens is 2. The van der Waals surface area contributed by atoms with Gasteiger partial charge in [-0.1, -0.05) is 12.1 Å². The van der Waals surface area contributed by atoms with Crippen molar-refractivity contribution in [3.63, 3.8) is 0 Å². The average Bonchev–Trinajstić information content (AvgIpc) is 3.14. The fourth-order valence-corrected chi connectivity index (χ4v) is 2.75. The zero-order chi connectivity index (χ0) is 20.9. The van der Waals surface area contributed by atoms with Gasteiger partial charge >= 0.3 is 7.82 Å². The predicted molar refractivity (Wildman–Crippen MR) is 104 cm³/mol. The summed E-state index contributed by atoms with van der Waals surface area (Å²) in [6, 6.07) is 12.2. The molecular formula is C19H17FN3O5P. The number of hydrogen-bond donors (Lipinski definition) is 3. The molecule has 3 rings (SSSR count). The number of carbonyl (C=O) groups is 1. The van der Waals surface area contributed by atoms with Crippen LogP contribution in [0.3, 0.4) is 0 Å². The van der Waals surface area contributed by atoms with Crippen LogP contribution >= 0.6 is 7.82 Å². The topological polar surface area (TPSA) is 114 Å². The average molecular weight is 417 g/mol. The van der Waals surface area contributed by atoms with Gasteiger partial charge in [-0.05, 0) is 48.0 Å². The maximum atomic E-state index is 13.1. The second-order valence-corrected chi connectivity index (χ2v) is 7.19. The molecule has 0 fully saturated rings. The van der Waals surface area contributed by atoms with Crippen LogP contribution in [0.4, 0.5) is 10.1 Å². The van der Waals surface area contributed by atoms with Crippen LogP contribution in [0.5, 0.6) is 0 Å². The summed E-state index contributed by atoms with van der Waals surface area (Å²) in [7, 11) is -4.53. The zero-order valence-electron chi connectivity index (χ0n) is 15.0. The van der Waals surface area contributed by atoms with E-state index in [1.54, 1.807) is 59.6 Å². The van der Waals surface area contributed by atoms with Gasteiger partial charge in [0.05, 0.1) is 24.8 Å². The van der Waals surface area contributed by atoms with Gasteiger partial charge in [0.2, 0.25) is 5.91 Å². The highest BCUT2D eigenvalue weighted by molar-refractivity contribution is 7.46. The minimum Gasteiger partial charge on any atom is -0.323 e. The highest BCUT2D eigenvalue weighted by Crippen LogP contribution is 2.36. The van der Waals surface area contributed by atoms with E-state index in [0.717, 1.165) is 0 Å². The number of nitrogens with zero attached hydrogens (tertiary/aromatic N) is 2. The SMILES string of the molecule is O=C(/C=C/c1cncn1-c1ccc(F)cc1)Nc1ccc(COP(=O)(O)O)cc1. The largest absolute Gasteiger partial charge is 0.469 e. The molecule has 1 heterocycles. The van der Waals surface area contributed by atoms with Crippen LogP contribution in [0.2, 0.25) is 0 Å². The highest BCUT2D eigenvalue weighted by atomic mass is 31.2. The van der Waals surface area contributed by atoms with Crippen LogP contribution in [-0.2, 0) is 20.5 Å². The third-order valence-electron chi connectivity index (χ3n) is 3.80. The summed E-state index contributed by atoms with van der Waals surface area (Å²) in [5, 5.41) is 2.67. The van der Waals surface area contributed by atoms with Crippen molar-refractivity contribution in [2.24, 2.45) is 0 Å². The van der Waals surface area contributed by atoms with Crippen molar-refractivity contribution in [2.45, 2.75) is 6.61 Å². The summed E-state index contributed by atoms with van der Waals surface area (Å²) in [5.74, 6) is -0.722. The Labute approximate surface area is 165 Å². The van der Waals surface area contributed by atoms with E-state index in [4.69, 9.17) is 9.79 Å². The first-order valence-corrected chi connectivity index (χ1v) is 9.89. The van der Waals surface area contributed by atoms with Gasteiger partial charge in [0, 0.05) is 17.5 Å². The Hall–Kier alpha value is -3.10. The highest BCUT2D eigenvalue weighted by Gasteiger charge is 2.13. The molecule has 8 nitrogen and oxygen atoms in total. The second kappa shape index (κ2) is 8.93. The molecular weight excluding hydrogens is 400 g/mol. The number of halogens is 1. The van der Waals surface area contributed by atoms with Crippen molar-refractivity contribution in [2.75, 3.05) is 5.32 Å². The third-order valence-corrected chi connectivity index (χ3v) is 4.26. The molecule has 2 aromatic carbocycles. The van der Waals surface area contributed by atoms with E-state index in [9.17, 15) is 13.8 Å². The lowest BCUT2D eigenvalue weighted by Gasteiger charge is -2.07. The summed E-state index contributed by atoms with van der Waals surface area (Å²) in [6.45, 7) is -0.244. The first-order chi connectivity index (χ1) is 13.8. The number of carbonyl (C=O) groups excluding carboxylic acids is 1. The molecule has 0 radical (unpaired) electrons. The van der Waals surface area contributed by atoms with Gasteiger partial charge in [-0.3, -0.25) is 13.9 Å². The quantitative estimate of drug-likeness (QED) is 0.402. The number of hydrogen-bond acceptors (Lipinski definition) is 4. The molecule has 10 heteroatoms. The normalized spacial score (nSPS) is 11.7. The van der Waals surface area contributed by atoms with E-state index < -0.39 is 7.82 Å². The number of rotatable bonds is 7. The van der Waals surface area contributed by atoms with Crippen molar-refractivity contribution >= 4 is 25.5 Å². The standard InChI is InChI=1S/C19H17FN3O5P/c20-15-3-7-17(8-4-15)23-13-21-11-18(23)9-10-19(24)22-16-5-1-14(2-6-16)12-28-29(25,26)27/h1-11,13H,12H2,(H,22,24)(H2,25,26,27)/b10-9+. The maximum Gasteiger partial charge on any atom is 0.469 e. The Morgan fingerprint density at radius 3 is 2.52 bits per heavy atom. The lowest BCUT2D eigenvalue weighted by Crippen LogP contribution is -2.08. The molecule has 0 unspecified atom stereocenters. The van der Waals surface area contributed by atoms with Crippen molar-refractivity contribution in [1.82, 2.24) is 9.55 Å². The van der Waals surface area contributed by atoms with E-state index >= 15 is 0 Å². The van der Waals surface area contributed by atoms with E-state index in [1.165, 1.54) is 18.2 Å². The Kier molecular flexibility index (Phi) is 6.36. The molecule has 0 aliphatic carbocycles. The summed E-state index contributed by atoms with van der Waals surface area (Å²) in [6.07, 6.45) is 6.04. The van der Waals surface area contributed by atoms with E-state index in [2.05, 4.69) is 14.8 Å². The van der Waals surface area contributed by atoms with Crippen LogP contribution in [-0.4, -0.2) is 25.2 Å². The first-order valence-electron chi connectivity index (χ1n) is 8.36. The predicted octanol–water partition coefficient (Wildman–Crippen LogP) is 3.27. The van der Waals surface area contributed by atoms with Gasteiger partial charge < -0.3 is 15.1 Å². The van der Waals surface area contributed by atoms with Crippen LogP contribution in [0, 0.1) is 5.82 Å². The molecule has 0 aliphatic rings. The van der Waals surface area contributed by atoms with E-state index in [1.807, 2.05) is 0 Å². The van der Waals surface area contributed by atoms with Crippen LogP contribution in [0.15, 0.2) is 67.1 Å². The van der Waals surface area contributed by atoms with Gasteiger partial charge in [0.15, 0.2) is 0 Å². The molecule has 0 spiro atoms. The summed E-state index contributed by atoms with van der Waals surface area (Å²) in [5.41, 5.74) is 2.39. The fourth-order valence-electron chi connectivity index (χ4n) is 2.43. The number of nitrogens with one attached hydrogen (secondary N) is 1. The number of imidazole rings is 1. The van der Waals surface area contributed by atoms with Gasteiger partial charge in [-0.2, -0.15) is 0 Å². The Morgan fingerprint density at radius 1 is 1.17 bits per heavy atom. The third kappa shape index (κ3) is 6.20. The van der Waals surface area contributed by atoms with Crippen molar-refractivity contribution in [3.05, 3.63) is 84.2 Å². The summed E-state index contributed by atoms with van der Waals surface area (Å²) < 4.78 is 29.9. The minimum atomic E-state index is -4.53. The van der Waals surface area contributed by atoms with Crippen molar-refractivity contribution < 1.29 is 28.1 Å². The monoisotopic (exact) mass is 417 g/mol. The number of amides is 1. The Balaban J connectivity index is 1.61. The molecule has 3 N–H and O–H groups in total. The maximum absolute atomic E-state index is 13.1. The number of phosphoric ester groups is 1. The van der Waals surface area contributed by atoms with Crippen LogP contribution in [0.25, 0.3) is 11.8 Å². The fraction of sp³-hybridized carbons (Fsp3) is 0.0526. The van der Waals surface area contributed by atoms with Gasteiger partial charge in [-0.25, -0.2) is 13.9 Å². The first kappa shape index (κ1) is 20.6. The summed E-state index contributed by atoms with van der Waals surface area (Å²) in [4.78, 5) is 33.6. The molecule has 0 saturated carbocycles. The molecule has 0 saturated heterocycles. The zero-order valence-corrected chi connectivity index (χ0v) is 15.9. The molecule has 29 heavy (non-hydrogen) atoms. The summed E-state index contributed by atoms with van der Waals surface area (Å²) >= 11 is 0. The van der Waals surface area contributed by atoms with E-state index in [-0.39, 0.29) is 18.3 Å². The Bertz CT molecular complexity index is 1060. The van der Waals surface area contributed by atoms with Gasteiger partial charge in [0.25, 0.3) is 0 Å². The molecule has 150 valence electrons. The van der Waals surface area contributed by atoms with Gasteiger partial charge in [-0.15, -0.1) is 0 Å². The second-order valence-electron chi connectivity index (χ2n) is 5.95. The molecule has 3 aromatic rings. The number of benzene rings is 2.